The topological polar surface area (TPSA) is 80.2 Å². The fourth-order valence-electron chi connectivity index (χ4n) is 3.30. The highest BCUT2D eigenvalue weighted by atomic mass is 16.6. The number of nitrogens with zero attached hydrogens (tertiary/aromatic N) is 2. The third-order valence-electron chi connectivity index (χ3n) is 4.78. The number of rotatable bonds is 4. The smallest absolute Gasteiger partial charge is 0.437 e. The van der Waals surface area contributed by atoms with Gasteiger partial charge in [0.15, 0.2) is 0 Å². The number of hydrogen-bond donors (Lipinski definition) is 1. The van der Waals surface area contributed by atoms with Crippen molar-refractivity contribution in [3.63, 3.8) is 0 Å². The molecular formula is C30H39N3O4. The molecule has 1 N–H and O–H groups in total. The second-order valence-electron chi connectivity index (χ2n) is 11.0. The van der Waals surface area contributed by atoms with Gasteiger partial charge in [-0.2, -0.15) is 0 Å². The van der Waals surface area contributed by atoms with E-state index in [2.05, 4.69) is 22.2 Å². The van der Waals surface area contributed by atoms with E-state index in [1.807, 2.05) is 79.4 Å². The van der Waals surface area contributed by atoms with E-state index < -0.39 is 29.4 Å². The molecule has 0 saturated carbocycles. The Bertz CT molecular complexity index is 1120. The summed E-state index contributed by atoms with van der Waals surface area (Å²) in [7, 11) is 0. The molecule has 0 radical (unpaired) electrons. The Hall–Kier alpha value is -3.79. The van der Waals surface area contributed by atoms with Gasteiger partial charge in [0.2, 0.25) is 5.96 Å². The van der Waals surface area contributed by atoms with Gasteiger partial charge in [-0.1, -0.05) is 74.2 Å². The van der Waals surface area contributed by atoms with Crippen LogP contribution < -0.4 is 5.32 Å². The van der Waals surface area contributed by atoms with Gasteiger partial charge in [-0.05, 0) is 65.2 Å². The molecule has 1 atom stereocenters. The van der Waals surface area contributed by atoms with Crippen molar-refractivity contribution in [3.8, 4) is 11.8 Å². The average molecular weight is 506 g/mol. The Labute approximate surface area is 221 Å². The van der Waals surface area contributed by atoms with Crippen LogP contribution in [0.1, 0.15) is 66.5 Å². The van der Waals surface area contributed by atoms with E-state index in [4.69, 9.17) is 9.47 Å². The van der Waals surface area contributed by atoms with E-state index in [1.54, 1.807) is 41.5 Å². The molecule has 0 spiro atoms. The van der Waals surface area contributed by atoms with Gasteiger partial charge in [-0.15, -0.1) is 4.99 Å². The Morgan fingerprint density at radius 2 is 1.43 bits per heavy atom. The molecule has 2 aromatic carbocycles. The molecule has 0 aliphatic rings. The predicted octanol–water partition coefficient (Wildman–Crippen LogP) is 6.38. The first-order chi connectivity index (χ1) is 17.2. The van der Waals surface area contributed by atoms with Crippen LogP contribution in [0.25, 0.3) is 0 Å². The van der Waals surface area contributed by atoms with Crippen molar-refractivity contribution in [2.75, 3.05) is 0 Å². The van der Waals surface area contributed by atoms with Crippen LogP contribution in [0.2, 0.25) is 0 Å². The summed E-state index contributed by atoms with van der Waals surface area (Å²) in [6.07, 6.45) is -1.55. The highest BCUT2D eigenvalue weighted by molar-refractivity contribution is 5.99. The molecule has 198 valence electrons. The number of ether oxygens (including phenoxy) is 2. The van der Waals surface area contributed by atoms with Gasteiger partial charge < -0.3 is 14.4 Å². The van der Waals surface area contributed by atoms with Gasteiger partial charge in [-0.3, -0.25) is 5.32 Å². The van der Waals surface area contributed by atoms with E-state index in [0.717, 1.165) is 11.1 Å². The number of benzene rings is 2. The SMILES string of the molecule is CC(C)C(C#Cc1ccccc1)N(Cc1ccccc1)/C(=N\C(=O)OC(C)(C)C)NC(=O)OC(C)(C)C. The fourth-order valence-corrected chi connectivity index (χ4v) is 3.30. The molecule has 0 bridgehead atoms. The van der Waals surface area contributed by atoms with Crippen molar-refractivity contribution in [1.82, 2.24) is 10.2 Å². The monoisotopic (exact) mass is 505 g/mol. The van der Waals surface area contributed by atoms with Gasteiger partial charge in [0.25, 0.3) is 0 Å². The largest absolute Gasteiger partial charge is 0.444 e. The maximum absolute atomic E-state index is 12.8. The van der Waals surface area contributed by atoms with Gasteiger partial charge in [-0.25, -0.2) is 9.59 Å². The molecule has 0 aliphatic carbocycles. The van der Waals surface area contributed by atoms with Crippen molar-refractivity contribution < 1.29 is 19.1 Å². The molecule has 0 aromatic heterocycles. The molecule has 7 heteroatoms. The molecule has 37 heavy (non-hydrogen) atoms. The zero-order valence-electron chi connectivity index (χ0n) is 23.2. The highest BCUT2D eigenvalue weighted by Crippen LogP contribution is 2.17. The molecule has 0 aliphatic heterocycles. The number of guanidine groups is 1. The van der Waals surface area contributed by atoms with E-state index in [-0.39, 0.29) is 11.9 Å². The molecule has 2 aromatic rings. The second-order valence-corrected chi connectivity index (χ2v) is 11.0. The summed E-state index contributed by atoms with van der Waals surface area (Å²) in [5.74, 6) is 6.58. The van der Waals surface area contributed by atoms with Crippen molar-refractivity contribution in [2.45, 2.75) is 79.2 Å². The van der Waals surface area contributed by atoms with Gasteiger partial charge in [0.05, 0.1) is 6.04 Å². The average Bonchev–Trinajstić information content (AvgIpc) is 2.76. The van der Waals surface area contributed by atoms with Crippen molar-refractivity contribution in [3.05, 3.63) is 71.8 Å². The summed E-state index contributed by atoms with van der Waals surface area (Å²) < 4.78 is 10.9. The Kier molecular flexibility index (Phi) is 10.3. The second kappa shape index (κ2) is 13.0. The summed E-state index contributed by atoms with van der Waals surface area (Å²) in [5.41, 5.74) is 0.318. The van der Waals surface area contributed by atoms with Gasteiger partial charge in [0.1, 0.15) is 11.2 Å². The minimum absolute atomic E-state index is 0.00779. The number of nitrogens with one attached hydrogen (secondary N) is 1. The Morgan fingerprint density at radius 3 is 1.95 bits per heavy atom. The molecule has 2 amide bonds. The van der Waals surface area contributed by atoms with E-state index >= 15 is 0 Å². The van der Waals surface area contributed by atoms with Crippen LogP contribution in [0.5, 0.6) is 0 Å². The third-order valence-corrected chi connectivity index (χ3v) is 4.78. The van der Waals surface area contributed by atoms with Crippen LogP contribution in [0.15, 0.2) is 65.7 Å². The first kappa shape index (κ1) is 29.4. The normalized spacial score (nSPS) is 12.7. The van der Waals surface area contributed by atoms with Crippen LogP contribution in [-0.2, 0) is 16.0 Å². The highest BCUT2D eigenvalue weighted by Gasteiger charge is 2.29. The number of alkyl carbamates (subject to hydrolysis) is 1. The maximum atomic E-state index is 12.8. The molecule has 0 heterocycles. The Morgan fingerprint density at radius 1 is 0.892 bits per heavy atom. The van der Waals surface area contributed by atoms with Crippen molar-refractivity contribution >= 4 is 18.1 Å². The summed E-state index contributed by atoms with van der Waals surface area (Å²) in [4.78, 5) is 31.6. The van der Waals surface area contributed by atoms with E-state index in [1.165, 1.54) is 0 Å². The standard InChI is InChI=1S/C30H39N3O4/c1-22(2)25(20-19-23-15-11-9-12-16-23)33(21-24-17-13-10-14-18-24)26(31-27(34)36-29(3,4)5)32-28(35)37-30(6,7)8/h9-18,22,25H,21H2,1-8H3,(H,31,32,34,35). The minimum Gasteiger partial charge on any atom is -0.444 e. The number of carbonyl (C=O) groups excluding carboxylic acids is 2. The molecular weight excluding hydrogens is 466 g/mol. The lowest BCUT2D eigenvalue weighted by Gasteiger charge is -2.34. The van der Waals surface area contributed by atoms with Gasteiger partial charge in [0, 0.05) is 12.1 Å². The zero-order valence-corrected chi connectivity index (χ0v) is 23.2. The molecule has 1 unspecified atom stereocenters. The first-order valence-electron chi connectivity index (χ1n) is 12.4. The lowest BCUT2D eigenvalue weighted by molar-refractivity contribution is 0.0551. The van der Waals surface area contributed by atoms with Crippen molar-refractivity contribution in [1.29, 1.82) is 0 Å². The van der Waals surface area contributed by atoms with E-state index in [9.17, 15) is 9.59 Å². The number of hydrogen-bond acceptors (Lipinski definition) is 4. The number of carbonyl (C=O) groups is 2. The van der Waals surface area contributed by atoms with Crippen LogP contribution >= 0.6 is 0 Å². The molecule has 0 fully saturated rings. The van der Waals surface area contributed by atoms with Gasteiger partial charge >= 0.3 is 12.2 Å². The molecule has 2 rings (SSSR count). The van der Waals surface area contributed by atoms with Crippen LogP contribution in [-0.4, -0.2) is 40.3 Å². The fraction of sp³-hybridized carbons (Fsp3) is 0.433. The summed E-state index contributed by atoms with van der Waals surface area (Å²) in [6, 6.07) is 19.0. The number of amides is 2. The number of aliphatic imine (C=N–C) groups is 1. The van der Waals surface area contributed by atoms with Crippen LogP contribution in [0.4, 0.5) is 9.59 Å². The van der Waals surface area contributed by atoms with Crippen molar-refractivity contribution in [2.24, 2.45) is 10.9 Å². The third kappa shape index (κ3) is 11.2. The lowest BCUT2D eigenvalue weighted by Crippen LogP contribution is -2.51. The predicted molar refractivity (Wildman–Crippen MR) is 147 cm³/mol. The Balaban J connectivity index is 2.60. The summed E-state index contributed by atoms with van der Waals surface area (Å²) >= 11 is 0. The van der Waals surface area contributed by atoms with Crippen LogP contribution in [0, 0.1) is 17.8 Å². The molecule has 0 saturated heterocycles. The van der Waals surface area contributed by atoms with E-state index in [0.29, 0.717) is 6.54 Å². The summed E-state index contributed by atoms with van der Waals surface area (Å²) in [6.45, 7) is 15.0. The zero-order chi connectivity index (χ0) is 27.6. The molecule has 7 nitrogen and oxygen atoms in total. The lowest BCUT2D eigenvalue weighted by atomic mass is 10.0. The minimum atomic E-state index is -0.824. The maximum Gasteiger partial charge on any atom is 0.437 e. The quantitative estimate of drug-likeness (QED) is 0.296. The van der Waals surface area contributed by atoms with Crippen LogP contribution in [0.3, 0.4) is 0 Å². The summed E-state index contributed by atoms with van der Waals surface area (Å²) in [5, 5.41) is 2.69. The first-order valence-corrected chi connectivity index (χ1v) is 12.4.